The summed E-state index contributed by atoms with van der Waals surface area (Å²) in [5.41, 5.74) is -0.483. The number of nitrogens with zero attached hydrogens (tertiary/aromatic N) is 2. The van der Waals surface area contributed by atoms with Crippen molar-refractivity contribution in [2.75, 3.05) is 25.5 Å². The van der Waals surface area contributed by atoms with Crippen molar-refractivity contribution >= 4 is 22.4 Å². The summed E-state index contributed by atoms with van der Waals surface area (Å²) >= 11 is 1.41. The summed E-state index contributed by atoms with van der Waals surface area (Å²) in [6.45, 7) is 6.37. The Labute approximate surface area is 105 Å². The summed E-state index contributed by atoms with van der Waals surface area (Å²) in [5, 5.41) is 15.2. The molecule has 0 bridgehead atoms. The van der Waals surface area contributed by atoms with Gasteiger partial charge in [0.1, 0.15) is 5.69 Å². The van der Waals surface area contributed by atoms with E-state index in [2.05, 4.69) is 10.3 Å². The van der Waals surface area contributed by atoms with E-state index < -0.39 is 5.60 Å². The summed E-state index contributed by atoms with van der Waals surface area (Å²) < 4.78 is 0. The molecule has 96 valence electrons. The summed E-state index contributed by atoms with van der Waals surface area (Å²) in [6, 6.07) is 0. The van der Waals surface area contributed by atoms with Crippen molar-refractivity contribution in [3.8, 4) is 0 Å². The molecule has 0 fully saturated rings. The van der Waals surface area contributed by atoms with Gasteiger partial charge in [-0.05, 0) is 20.8 Å². The number of anilines is 1. The lowest BCUT2D eigenvalue weighted by Crippen LogP contribution is -2.39. The molecule has 1 aromatic heterocycles. The monoisotopic (exact) mass is 257 g/mol. The first kappa shape index (κ1) is 13.9. The Bertz CT molecular complexity index is 384. The molecule has 0 radical (unpaired) electrons. The lowest BCUT2D eigenvalue weighted by atomic mass is 10.1. The highest BCUT2D eigenvalue weighted by Gasteiger charge is 2.21. The van der Waals surface area contributed by atoms with Gasteiger partial charge in [0.2, 0.25) is 0 Å². The molecule has 1 amide bonds. The van der Waals surface area contributed by atoms with Crippen LogP contribution in [0.4, 0.5) is 5.13 Å². The molecule has 5 nitrogen and oxygen atoms in total. The van der Waals surface area contributed by atoms with Crippen LogP contribution < -0.4 is 5.32 Å². The first-order chi connectivity index (χ1) is 7.83. The van der Waals surface area contributed by atoms with Crippen molar-refractivity contribution in [2.24, 2.45) is 0 Å². The van der Waals surface area contributed by atoms with Gasteiger partial charge in [0, 0.05) is 25.5 Å². The van der Waals surface area contributed by atoms with Gasteiger partial charge >= 0.3 is 0 Å². The number of nitrogens with one attached hydrogen (secondary N) is 1. The summed E-state index contributed by atoms with van der Waals surface area (Å²) in [4.78, 5) is 17.6. The van der Waals surface area contributed by atoms with Gasteiger partial charge in [-0.2, -0.15) is 0 Å². The number of carbonyl (C=O) groups is 1. The van der Waals surface area contributed by atoms with Crippen LogP contribution in [-0.4, -0.2) is 46.6 Å². The third-order valence-corrected chi connectivity index (χ3v) is 2.82. The highest BCUT2D eigenvalue weighted by Crippen LogP contribution is 2.16. The topological polar surface area (TPSA) is 65.5 Å². The van der Waals surface area contributed by atoms with Crippen molar-refractivity contribution in [1.82, 2.24) is 9.88 Å². The molecule has 2 N–H and O–H groups in total. The molecule has 1 aromatic rings. The largest absolute Gasteiger partial charge is 0.389 e. The quantitative estimate of drug-likeness (QED) is 0.837. The van der Waals surface area contributed by atoms with Crippen LogP contribution in [0.2, 0.25) is 0 Å². The minimum Gasteiger partial charge on any atom is -0.389 e. The third-order valence-electron chi connectivity index (χ3n) is 2.02. The maximum atomic E-state index is 12.0. The standard InChI is InChI=1S/C11H19N3O2S/c1-5-12-10-13-8(6-17-10)9(15)14(4)7-11(2,3)16/h6,16H,5,7H2,1-4H3,(H,12,13). The van der Waals surface area contributed by atoms with Crippen LogP contribution in [0.5, 0.6) is 0 Å². The van der Waals surface area contributed by atoms with Gasteiger partial charge in [-0.25, -0.2) is 4.98 Å². The van der Waals surface area contributed by atoms with Crippen LogP contribution in [0.3, 0.4) is 0 Å². The fourth-order valence-electron chi connectivity index (χ4n) is 1.45. The first-order valence-corrected chi connectivity index (χ1v) is 6.38. The molecule has 0 aliphatic heterocycles. The van der Waals surface area contributed by atoms with Crippen LogP contribution in [0.15, 0.2) is 5.38 Å². The Morgan fingerprint density at radius 1 is 1.65 bits per heavy atom. The SMILES string of the molecule is CCNc1nc(C(=O)N(C)CC(C)(C)O)cs1. The van der Waals surface area contributed by atoms with Crippen molar-refractivity contribution in [3.05, 3.63) is 11.1 Å². The number of likely N-dealkylation sites (N-methyl/N-ethyl adjacent to an activating group) is 1. The number of aliphatic hydroxyl groups is 1. The van der Waals surface area contributed by atoms with Crippen molar-refractivity contribution < 1.29 is 9.90 Å². The van der Waals surface area contributed by atoms with Crippen LogP contribution in [0.25, 0.3) is 0 Å². The molecule has 0 atom stereocenters. The van der Waals surface area contributed by atoms with Gasteiger partial charge in [-0.3, -0.25) is 4.79 Å². The minimum atomic E-state index is -0.898. The second kappa shape index (κ2) is 5.46. The highest BCUT2D eigenvalue weighted by molar-refractivity contribution is 7.13. The van der Waals surface area contributed by atoms with E-state index in [-0.39, 0.29) is 12.5 Å². The Kier molecular flexibility index (Phi) is 4.47. The smallest absolute Gasteiger partial charge is 0.273 e. The molecule has 0 aliphatic rings. The van der Waals surface area contributed by atoms with Crippen molar-refractivity contribution in [2.45, 2.75) is 26.4 Å². The Morgan fingerprint density at radius 3 is 2.82 bits per heavy atom. The number of hydrogen-bond donors (Lipinski definition) is 2. The van der Waals surface area contributed by atoms with E-state index in [9.17, 15) is 9.90 Å². The first-order valence-electron chi connectivity index (χ1n) is 5.50. The predicted molar refractivity (Wildman–Crippen MR) is 69.5 cm³/mol. The fraction of sp³-hybridized carbons (Fsp3) is 0.636. The van der Waals surface area contributed by atoms with E-state index in [0.29, 0.717) is 5.69 Å². The van der Waals surface area contributed by atoms with Crippen molar-refractivity contribution in [3.63, 3.8) is 0 Å². The number of amides is 1. The maximum absolute atomic E-state index is 12.0. The molecule has 0 aromatic carbocycles. The van der Waals surface area contributed by atoms with Gasteiger partial charge in [-0.1, -0.05) is 0 Å². The third kappa shape index (κ3) is 4.32. The second-order valence-electron chi connectivity index (χ2n) is 4.54. The van der Waals surface area contributed by atoms with E-state index >= 15 is 0 Å². The summed E-state index contributed by atoms with van der Waals surface area (Å²) in [7, 11) is 1.66. The molecule has 1 rings (SSSR count). The minimum absolute atomic E-state index is 0.174. The zero-order valence-electron chi connectivity index (χ0n) is 10.6. The average Bonchev–Trinajstić information content (AvgIpc) is 2.63. The molecule has 0 saturated heterocycles. The van der Waals surface area contributed by atoms with E-state index in [0.717, 1.165) is 11.7 Å². The predicted octanol–water partition coefficient (Wildman–Crippen LogP) is 1.42. The number of hydrogen-bond acceptors (Lipinski definition) is 5. The zero-order valence-corrected chi connectivity index (χ0v) is 11.5. The highest BCUT2D eigenvalue weighted by atomic mass is 32.1. The van der Waals surface area contributed by atoms with E-state index in [1.165, 1.54) is 16.2 Å². The number of carbonyl (C=O) groups excluding carboxylic acids is 1. The molecule has 0 unspecified atom stereocenters. The van der Waals surface area contributed by atoms with Crippen LogP contribution in [0.1, 0.15) is 31.3 Å². The average molecular weight is 257 g/mol. The van der Waals surface area contributed by atoms with Crippen LogP contribution in [-0.2, 0) is 0 Å². The Hall–Kier alpha value is -1.14. The molecule has 0 aliphatic carbocycles. The second-order valence-corrected chi connectivity index (χ2v) is 5.40. The normalized spacial score (nSPS) is 11.4. The fourth-order valence-corrected chi connectivity index (χ4v) is 2.21. The number of thiazole rings is 1. The zero-order chi connectivity index (χ0) is 13.1. The van der Waals surface area contributed by atoms with Gasteiger partial charge in [0.25, 0.3) is 5.91 Å². The number of aromatic nitrogens is 1. The molecule has 17 heavy (non-hydrogen) atoms. The Morgan fingerprint density at radius 2 is 2.29 bits per heavy atom. The van der Waals surface area contributed by atoms with Gasteiger partial charge in [0.15, 0.2) is 5.13 Å². The van der Waals surface area contributed by atoms with Crippen molar-refractivity contribution in [1.29, 1.82) is 0 Å². The van der Waals surface area contributed by atoms with Crippen LogP contribution >= 0.6 is 11.3 Å². The molecule has 0 saturated carbocycles. The molecular weight excluding hydrogens is 238 g/mol. The lowest BCUT2D eigenvalue weighted by molar-refractivity contribution is 0.0365. The maximum Gasteiger partial charge on any atom is 0.273 e. The molecule has 1 heterocycles. The molecule has 6 heteroatoms. The number of rotatable bonds is 5. The van der Waals surface area contributed by atoms with Gasteiger partial charge < -0.3 is 15.3 Å². The van der Waals surface area contributed by atoms with Gasteiger partial charge in [0.05, 0.1) is 5.60 Å². The summed E-state index contributed by atoms with van der Waals surface area (Å²) in [6.07, 6.45) is 0. The lowest BCUT2D eigenvalue weighted by Gasteiger charge is -2.24. The van der Waals surface area contributed by atoms with Gasteiger partial charge in [-0.15, -0.1) is 11.3 Å². The van der Waals surface area contributed by atoms with E-state index in [1.54, 1.807) is 26.3 Å². The molecular formula is C11H19N3O2S. The van der Waals surface area contributed by atoms with E-state index in [4.69, 9.17) is 0 Å². The Balaban J connectivity index is 2.68. The molecule has 0 spiro atoms. The van der Waals surface area contributed by atoms with E-state index in [1.807, 2.05) is 6.92 Å². The van der Waals surface area contributed by atoms with Crippen LogP contribution in [0, 0.1) is 0 Å². The summed E-state index contributed by atoms with van der Waals surface area (Å²) in [5.74, 6) is -0.174.